The summed E-state index contributed by atoms with van der Waals surface area (Å²) in [6.07, 6.45) is -0.591. The van der Waals surface area contributed by atoms with Crippen molar-refractivity contribution in [1.29, 1.82) is 0 Å². The zero-order chi connectivity index (χ0) is 27.2. The average molecular weight is 521 g/mol. The predicted octanol–water partition coefficient (Wildman–Crippen LogP) is 6.28. The molecule has 38 heavy (non-hydrogen) atoms. The minimum absolute atomic E-state index is 0.0942. The van der Waals surface area contributed by atoms with Crippen LogP contribution >= 0.6 is 0 Å². The number of aliphatic hydroxyl groups excluding tert-OH is 1. The van der Waals surface area contributed by atoms with Gasteiger partial charge in [-0.3, -0.25) is 14.5 Å². The molecule has 8 heteroatoms. The number of Topliss-reactive ketones (excluding diaryl/α,β-unsaturated/α-hetero) is 1. The highest BCUT2D eigenvalue weighted by molar-refractivity contribution is 6.51. The van der Waals surface area contributed by atoms with Crippen molar-refractivity contribution in [3.63, 3.8) is 0 Å². The maximum Gasteiger partial charge on any atom is 0.416 e. The summed E-state index contributed by atoms with van der Waals surface area (Å²) in [5.41, 5.74) is 3.35. The molecule has 0 bridgehead atoms. The van der Waals surface area contributed by atoms with Gasteiger partial charge in [0.1, 0.15) is 5.76 Å². The number of benzene rings is 3. The topological polar surface area (TPSA) is 60.9 Å². The van der Waals surface area contributed by atoms with E-state index in [1.165, 1.54) is 17.7 Å². The molecule has 0 saturated carbocycles. The summed E-state index contributed by atoms with van der Waals surface area (Å²) in [6.45, 7) is 0. The van der Waals surface area contributed by atoms with E-state index in [2.05, 4.69) is 0 Å². The highest BCUT2D eigenvalue weighted by Gasteiger charge is 2.47. The maximum absolute atomic E-state index is 13.4. The summed E-state index contributed by atoms with van der Waals surface area (Å²) >= 11 is 0. The molecule has 1 heterocycles. The predicted molar refractivity (Wildman–Crippen MR) is 140 cm³/mol. The fraction of sp³-hybridized carbons (Fsp3) is 0.267. The number of carbonyl (C=O) groups excluding carboxylic acids is 2. The Morgan fingerprint density at radius 1 is 0.895 bits per heavy atom. The lowest BCUT2D eigenvalue weighted by molar-refractivity contribution is -0.137. The molecule has 1 atom stereocenters. The molecular formula is C30H27F3N2O3. The van der Waals surface area contributed by atoms with Crippen LogP contribution in [-0.4, -0.2) is 30.9 Å². The second kappa shape index (κ2) is 9.67. The average Bonchev–Trinajstić information content (AvgIpc) is 3.17. The fourth-order valence-corrected chi connectivity index (χ4v) is 5.22. The number of ketones is 1. The molecular weight excluding hydrogens is 493 g/mol. The van der Waals surface area contributed by atoms with Crippen molar-refractivity contribution < 1.29 is 27.9 Å². The Bertz CT molecular complexity index is 1420. The monoisotopic (exact) mass is 520 g/mol. The lowest BCUT2D eigenvalue weighted by Gasteiger charge is -2.26. The van der Waals surface area contributed by atoms with Gasteiger partial charge in [-0.15, -0.1) is 0 Å². The van der Waals surface area contributed by atoms with Gasteiger partial charge in [-0.2, -0.15) is 13.2 Å². The van der Waals surface area contributed by atoms with Crippen molar-refractivity contribution in [2.45, 2.75) is 37.9 Å². The number of fused-ring (bicyclic) bond motifs is 1. The van der Waals surface area contributed by atoms with Crippen LogP contribution in [0.3, 0.4) is 0 Å². The third kappa shape index (κ3) is 4.55. The Morgan fingerprint density at radius 3 is 2.13 bits per heavy atom. The van der Waals surface area contributed by atoms with Gasteiger partial charge in [0.2, 0.25) is 0 Å². The minimum atomic E-state index is -4.54. The van der Waals surface area contributed by atoms with Crippen LogP contribution in [0.1, 0.15) is 46.7 Å². The van der Waals surface area contributed by atoms with E-state index in [0.717, 1.165) is 54.0 Å². The van der Waals surface area contributed by atoms with Crippen molar-refractivity contribution in [1.82, 2.24) is 0 Å². The van der Waals surface area contributed by atoms with Gasteiger partial charge in [-0.25, -0.2) is 0 Å². The van der Waals surface area contributed by atoms with Gasteiger partial charge in [0.05, 0.1) is 17.2 Å². The highest BCUT2D eigenvalue weighted by atomic mass is 19.4. The molecule has 0 aromatic heterocycles. The number of carbonyl (C=O) groups is 2. The van der Waals surface area contributed by atoms with Gasteiger partial charge in [0, 0.05) is 31.0 Å². The zero-order valence-corrected chi connectivity index (χ0v) is 21.0. The van der Waals surface area contributed by atoms with E-state index < -0.39 is 29.5 Å². The first kappa shape index (κ1) is 25.6. The molecule has 1 fully saturated rings. The van der Waals surface area contributed by atoms with Crippen LogP contribution in [0.25, 0.3) is 5.76 Å². The van der Waals surface area contributed by atoms with Crippen LogP contribution in [0.5, 0.6) is 0 Å². The first-order valence-electron chi connectivity index (χ1n) is 12.4. The van der Waals surface area contributed by atoms with E-state index in [4.69, 9.17) is 0 Å². The lowest BCUT2D eigenvalue weighted by Crippen LogP contribution is -2.29. The number of aryl methyl sites for hydroxylation is 2. The van der Waals surface area contributed by atoms with Crippen LogP contribution in [0.2, 0.25) is 0 Å². The summed E-state index contributed by atoms with van der Waals surface area (Å²) in [4.78, 5) is 29.8. The second-order valence-corrected chi connectivity index (χ2v) is 9.89. The van der Waals surface area contributed by atoms with Crippen molar-refractivity contribution in [3.05, 3.63) is 100 Å². The summed E-state index contributed by atoms with van der Waals surface area (Å²) in [5.74, 6) is -2.10. The normalized spacial score (nSPS) is 19.0. The highest BCUT2D eigenvalue weighted by Crippen LogP contribution is 2.43. The van der Waals surface area contributed by atoms with Crippen LogP contribution in [0.15, 0.2) is 72.3 Å². The van der Waals surface area contributed by atoms with Crippen molar-refractivity contribution in [2.75, 3.05) is 23.9 Å². The van der Waals surface area contributed by atoms with E-state index in [-0.39, 0.29) is 17.0 Å². The molecule has 196 valence electrons. The summed E-state index contributed by atoms with van der Waals surface area (Å²) in [5, 5.41) is 11.4. The molecule has 1 aliphatic heterocycles. The standard InChI is InChI=1S/C30H27F3N2O3/c1-34(2)23-13-9-19(10-14-23)26-25(27(36)21-8-7-18-5-3-4-6-20(18)17-21)28(37)29(38)35(26)24-15-11-22(12-16-24)30(31,32)33/h7-17,26,36H,3-6H2,1-2H3/b27-25-. The molecule has 3 aromatic carbocycles. The minimum Gasteiger partial charge on any atom is -0.507 e. The molecule has 3 aromatic rings. The Morgan fingerprint density at radius 2 is 1.53 bits per heavy atom. The molecule has 1 amide bonds. The van der Waals surface area contributed by atoms with Gasteiger partial charge in [0.25, 0.3) is 11.7 Å². The van der Waals surface area contributed by atoms with Gasteiger partial charge in [0.15, 0.2) is 0 Å². The van der Waals surface area contributed by atoms with Gasteiger partial charge < -0.3 is 10.0 Å². The largest absolute Gasteiger partial charge is 0.507 e. The summed E-state index contributed by atoms with van der Waals surface area (Å²) in [7, 11) is 3.75. The molecule has 5 rings (SSSR count). The Kier molecular flexibility index (Phi) is 6.51. The molecule has 1 saturated heterocycles. The van der Waals surface area contributed by atoms with Crippen molar-refractivity contribution in [2.24, 2.45) is 0 Å². The molecule has 5 nitrogen and oxygen atoms in total. The van der Waals surface area contributed by atoms with E-state index in [1.54, 1.807) is 18.2 Å². The number of nitrogens with zero attached hydrogens (tertiary/aromatic N) is 2. The van der Waals surface area contributed by atoms with Crippen molar-refractivity contribution in [3.8, 4) is 0 Å². The molecule has 1 N–H and O–H groups in total. The third-order valence-corrected chi connectivity index (χ3v) is 7.26. The number of hydrogen-bond donors (Lipinski definition) is 1. The number of alkyl halides is 3. The van der Waals surface area contributed by atoms with Gasteiger partial charge in [-0.05, 0) is 84.8 Å². The zero-order valence-electron chi connectivity index (χ0n) is 21.0. The number of halogens is 3. The second-order valence-electron chi connectivity index (χ2n) is 9.89. The van der Waals surface area contributed by atoms with E-state index in [1.807, 2.05) is 43.3 Å². The molecule has 0 spiro atoms. The molecule has 1 unspecified atom stereocenters. The van der Waals surface area contributed by atoms with E-state index in [0.29, 0.717) is 11.1 Å². The Labute approximate surface area is 218 Å². The number of aliphatic hydroxyl groups is 1. The van der Waals surface area contributed by atoms with Gasteiger partial charge in [-0.1, -0.05) is 24.3 Å². The van der Waals surface area contributed by atoms with Crippen LogP contribution < -0.4 is 9.80 Å². The first-order chi connectivity index (χ1) is 18.1. The Hall–Kier alpha value is -4.07. The lowest BCUT2D eigenvalue weighted by atomic mass is 9.88. The molecule has 0 radical (unpaired) electrons. The number of hydrogen-bond acceptors (Lipinski definition) is 4. The fourth-order valence-electron chi connectivity index (χ4n) is 5.22. The summed E-state index contributed by atoms with van der Waals surface area (Å²) < 4.78 is 39.5. The van der Waals surface area contributed by atoms with Gasteiger partial charge >= 0.3 is 6.18 Å². The maximum atomic E-state index is 13.4. The number of anilines is 2. The molecule has 2 aliphatic rings. The van der Waals surface area contributed by atoms with E-state index >= 15 is 0 Å². The summed E-state index contributed by atoms with van der Waals surface area (Å²) in [6, 6.07) is 15.8. The van der Waals surface area contributed by atoms with Crippen LogP contribution in [0, 0.1) is 0 Å². The third-order valence-electron chi connectivity index (χ3n) is 7.26. The first-order valence-corrected chi connectivity index (χ1v) is 12.4. The number of rotatable bonds is 4. The smallest absolute Gasteiger partial charge is 0.416 e. The quantitative estimate of drug-likeness (QED) is 0.250. The number of amides is 1. The van der Waals surface area contributed by atoms with E-state index in [9.17, 15) is 27.9 Å². The van der Waals surface area contributed by atoms with Crippen molar-refractivity contribution >= 4 is 28.8 Å². The van der Waals surface area contributed by atoms with Crippen LogP contribution in [0.4, 0.5) is 24.5 Å². The molecule has 1 aliphatic carbocycles. The Balaban J connectivity index is 1.66. The van der Waals surface area contributed by atoms with Crippen LogP contribution in [-0.2, 0) is 28.6 Å². The SMILES string of the molecule is CN(C)c1ccc(C2/C(=C(/O)c3ccc4c(c3)CCCC4)C(=O)C(=O)N2c2ccc(C(F)(F)F)cc2)cc1.